The molecule has 0 aliphatic carbocycles. The molecule has 0 radical (unpaired) electrons. The minimum atomic E-state index is -0.700. The normalized spacial score (nSPS) is 19.4. The van der Waals surface area contributed by atoms with Crippen LogP contribution in [0, 0.1) is 0 Å². The molecule has 2 aromatic carbocycles. The number of esters is 1. The second kappa shape index (κ2) is 5.10. The first kappa shape index (κ1) is 12.9. The van der Waals surface area contributed by atoms with Gasteiger partial charge in [0.05, 0.1) is 6.61 Å². The van der Waals surface area contributed by atoms with E-state index in [0.29, 0.717) is 6.61 Å². The van der Waals surface area contributed by atoms with Crippen LogP contribution in [0.4, 0.5) is 0 Å². The lowest BCUT2D eigenvalue weighted by atomic mass is 9.88. The third-order valence-electron chi connectivity index (χ3n) is 3.52. The molecular formula is C17H16O3. The van der Waals surface area contributed by atoms with Crippen molar-refractivity contribution in [3.8, 4) is 0 Å². The number of epoxide rings is 1. The zero-order valence-corrected chi connectivity index (χ0v) is 11.3. The first-order valence-electron chi connectivity index (χ1n) is 6.74. The minimum absolute atomic E-state index is 0.305. The van der Waals surface area contributed by atoms with Crippen molar-refractivity contribution >= 4 is 5.97 Å². The molecule has 1 atom stereocenters. The van der Waals surface area contributed by atoms with Gasteiger partial charge >= 0.3 is 5.97 Å². The molecule has 102 valence electrons. The standard InChI is InChI=1S/C17H16O3/c1-2-19-16(18)15-17(20-15,13-9-5-3-6-10-13)14-11-7-4-8-12-14/h3-12,15H,2H2,1H3/t15-/m1/s1. The smallest absolute Gasteiger partial charge is 0.339 e. The molecule has 3 nitrogen and oxygen atoms in total. The maximum Gasteiger partial charge on any atom is 0.339 e. The summed E-state index contributed by atoms with van der Waals surface area (Å²) in [4.78, 5) is 12.0. The van der Waals surface area contributed by atoms with Gasteiger partial charge in [0.15, 0.2) is 11.7 Å². The van der Waals surface area contributed by atoms with Gasteiger partial charge in [0, 0.05) is 0 Å². The van der Waals surface area contributed by atoms with Gasteiger partial charge in [-0.15, -0.1) is 0 Å². The summed E-state index contributed by atoms with van der Waals surface area (Å²) in [6.07, 6.45) is -0.563. The van der Waals surface area contributed by atoms with E-state index in [9.17, 15) is 4.79 Å². The van der Waals surface area contributed by atoms with E-state index in [-0.39, 0.29) is 5.97 Å². The van der Waals surface area contributed by atoms with Gasteiger partial charge < -0.3 is 9.47 Å². The van der Waals surface area contributed by atoms with Gasteiger partial charge in [0.1, 0.15) is 0 Å². The molecule has 2 aromatic rings. The van der Waals surface area contributed by atoms with E-state index in [1.54, 1.807) is 6.92 Å². The van der Waals surface area contributed by atoms with Crippen LogP contribution in [0.25, 0.3) is 0 Å². The van der Waals surface area contributed by atoms with Crippen LogP contribution in [0.15, 0.2) is 60.7 Å². The Morgan fingerprint density at radius 3 is 2.00 bits per heavy atom. The Labute approximate surface area is 118 Å². The molecule has 0 aromatic heterocycles. The van der Waals surface area contributed by atoms with Gasteiger partial charge in [-0.1, -0.05) is 60.7 Å². The van der Waals surface area contributed by atoms with Crippen LogP contribution in [0.2, 0.25) is 0 Å². The van der Waals surface area contributed by atoms with Gasteiger partial charge in [-0.25, -0.2) is 4.79 Å². The number of carbonyl (C=O) groups excluding carboxylic acids is 1. The molecule has 0 spiro atoms. The Hall–Kier alpha value is -2.13. The Morgan fingerprint density at radius 1 is 1.05 bits per heavy atom. The van der Waals surface area contributed by atoms with Gasteiger partial charge in [0.25, 0.3) is 0 Å². The molecule has 1 saturated heterocycles. The monoisotopic (exact) mass is 268 g/mol. The highest BCUT2D eigenvalue weighted by Crippen LogP contribution is 2.52. The van der Waals surface area contributed by atoms with Crippen LogP contribution in [0.5, 0.6) is 0 Å². The van der Waals surface area contributed by atoms with E-state index in [0.717, 1.165) is 11.1 Å². The van der Waals surface area contributed by atoms with Gasteiger partial charge in [-0.3, -0.25) is 0 Å². The highest BCUT2D eigenvalue weighted by Gasteiger charge is 2.63. The molecule has 1 aliphatic heterocycles. The number of hydrogen-bond acceptors (Lipinski definition) is 3. The summed E-state index contributed by atoms with van der Waals surface area (Å²) in [5.41, 5.74) is 1.25. The lowest BCUT2D eigenvalue weighted by Gasteiger charge is -2.13. The van der Waals surface area contributed by atoms with Crippen LogP contribution in [0.1, 0.15) is 18.1 Å². The van der Waals surface area contributed by atoms with Crippen LogP contribution in [-0.2, 0) is 19.9 Å². The molecule has 0 amide bonds. The zero-order valence-electron chi connectivity index (χ0n) is 11.3. The largest absolute Gasteiger partial charge is 0.464 e. The fourth-order valence-electron chi connectivity index (χ4n) is 2.56. The Bertz CT molecular complexity index is 553. The topological polar surface area (TPSA) is 38.8 Å². The summed E-state index contributed by atoms with van der Waals surface area (Å²) in [5, 5.41) is 0. The summed E-state index contributed by atoms with van der Waals surface area (Å²) in [5.74, 6) is -0.305. The fourth-order valence-corrected chi connectivity index (χ4v) is 2.56. The Balaban J connectivity index is 2.01. The molecule has 1 heterocycles. The van der Waals surface area contributed by atoms with Crippen molar-refractivity contribution in [2.24, 2.45) is 0 Å². The van der Waals surface area contributed by atoms with E-state index in [4.69, 9.17) is 9.47 Å². The van der Waals surface area contributed by atoms with E-state index >= 15 is 0 Å². The van der Waals surface area contributed by atoms with Crippen molar-refractivity contribution in [3.05, 3.63) is 71.8 Å². The molecule has 0 saturated carbocycles. The van der Waals surface area contributed by atoms with E-state index < -0.39 is 11.7 Å². The van der Waals surface area contributed by atoms with Crippen molar-refractivity contribution in [2.45, 2.75) is 18.6 Å². The SMILES string of the molecule is CCOC(=O)[C@H]1OC1(c1ccccc1)c1ccccc1. The number of rotatable bonds is 4. The van der Waals surface area contributed by atoms with Crippen LogP contribution in [-0.4, -0.2) is 18.7 Å². The van der Waals surface area contributed by atoms with Crippen LogP contribution < -0.4 is 0 Å². The Kier molecular flexibility index (Phi) is 3.28. The summed E-state index contributed by atoms with van der Waals surface area (Å²) in [6.45, 7) is 2.16. The first-order chi connectivity index (χ1) is 9.79. The number of ether oxygens (including phenoxy) is 2. The van der Waals surface area contributed by atoms with Crippen LogP contribution >= 0.6 is 0 Å². The summed E-state index contributed by atoms with van der Waals surface area (Å²) in [6, 6.07) is 19.6. The Morgan fingerprint density at radius 2 is 1.55 bits per heavy atom. The third kappa shape index (κ3) is 2.00. The van der Waals surface area contributed by atoms with Crippen LogP contribution in [0.3, 0.4) is 0 Å². The fraction of sp³-hybridized carbons (Fsp3) is 0.235. The predicted octanol–water partition coefficient (Wildman–Crippen LogP) is 2.89. The van der Waals surface area contributed by atoms with Crippen molar-refractivity contribution < 1.29 is 14.3 Å². The number of carbonyl (C=O) groups is 1. The average molecular weight is 268 g/mol. The molecule has 0 N–H and O–H groups in total. The lowest BCUT2D eigenvalue weighted by molar-refractivity contribution is -0.144. The average Bonchev–Trinajstić information content (AvgIpc) is 3.26. The van der Waals surface area contributed by atoms with Gasteiger partial charge in [-0.05, 0) is 18.1 Å². The van der Waals surface area contributed by atoms with Crippen molar-refractivity contribution in [3.63, 3.8) is 0 Å². The van der Waals surface area contributed by atoms with Gasteiger partial charge in [-0.2, -0.15) is 0 Å². The third-order valence-corrected chi connectivity index (χ3v) is 3.52. The summed E-state index contributed by atoms with van der Waals surface area (Å²) in [7, 11) is 0. The molecule has 20 heavy (non-hydrogen) atoms. The molecule has 3 rings (SSSR count). The maximum absolute atomic E-state index is 12.0. The molecule has 1 aliphatic rings. The highest BCUT2D eigenvalue weighted by molar-refractivity contribution is 5.81. The number of hydrogen-bond donors (Lipinski definition) is 0. The van der Waals surface area contributed by atoms with Crippen molar-refractivity contribution in [1.29, 1.82) is 0 Å². The van der Waals surface area contributed by atoms with E-state index in [1.807, 2.05) is 60.7 Å². The highest BCUT2D eigenvalue weighted by atomic mass is 16.7. The summed E-state index contributed by atoms with van der Waals surface area (Å²) >= 11 is 0. The molecular weight excluding hydrogens is 252 g/mol. The molecule has 1 fully saturated rings. The second-order valence-corrected chi connectivity index (χ2v) is 4.72. The summed E-state index contributed by atoms with van der Waals surface area (Å²) < 4.78 is 10.9. The van der Waals surface area contributed by atoms with E-state index in [1.165, 1.54) is 0 Å². The molecule has 0 bridgehead atoms. The lowest BCUT2D eigenvalue weighted by Crippen LogP contribution is -2.22. The molecule has 3 heteroatoms. The minimum Gasteiger partial charge on any atom is -0.464 e. The van der Waals surface area contributed by atoms with Gasteiger partial charge in [0.2, 0.25) is 0 Å². The number of benzene rings is 2. The second-order valence-electron chi connectivity index (χ2n) is 4.72. The quantitative estimate of drug-likeness (QED) is 0.632. The maximum atomic E-state index is 12.0. The van der Waals surface area contributed by atoms with Crippen molar-refractivity contribution in [1.82, 2.24) is 0 Å². The predicted molar refractivity (Wildman–Crippen MR) is 75.2 cm³/mol. The first-order valence-corrected chi connectivity index (χ1v) is 6.74. The molecule has 0 unspecified atom stereocenters. The zero-order chi connectivity index (χ0) is 14.0. The van der Waals surface area contributed by atoms with Crippen molar-refractivity contribution in [2.75, 3.05) is 6.61 Å². The van der Waals surface area contributed by atoms with E-state index in [2.05, 4.69) is 0 Å².